The van der Waals surface area contributed by atoms with Gasteiger partial charge in [0.1, 0.15) is 0 Å². The van der Waals surface area contributed by atoms with E-state index < -0.39 is 36.7 Å². The maximum absolute atomic E-state index is 12.9. The Kier molecular flexibility index (Phi) is 8.26. The van der Waals surface area contributed by atoms with Crippen LogP contribution in [0.15, 0.2) is 77.8 Å². The van der Waals surface area contributed by atoms with Crippen LogP contribution in [0.2, 0.25) is 0 Å². The van der Waals surface area contributed by atoms with Gasteiger partial charge in [-0.15, -0.1) is 0 Å². The molecule has 0 bridgehead atoms. The van der Waals surface area contributed by atoms with Gasteiger partial charge < -0.3 is 10.5 Å². The molecule has 3 N–H and O–H groups in total. The van der Waals surface area contributed by atoms with E-state index in [1.807, 2.05) is 49.4 Å². The van der Waals surface area contributed by atoms with Crippen molar-refractivity contribution < 1.29 is 26.8 Å². The molecule has 10 nitrogen and oxygen atoms in total. The molecule has 5 rings (SSSR count). The summed E-state index contributed by atoms with van der Waals surface area (Å²) in [5, 5.41) is 15.9. The number of benzene rings is 3. The van der Waals surface area contributed by atoms with Crippen molar-refractivity contribution >= 4 is 30.8 Å². The smallest absolute Gasteiger partial charge is 0.264 e. The number of aromatic nitrogens is 2. The fraction of sp³-hybridized carbons (Fsp3) is 0.323. The third-order valence-electron chi connectivity index (χ3n) is 7.91. The van der Waals surface area contributed by atoms with Crippen LogP contribution >= 0.6 is 0 Å². The second-order valence-electron chi connectivity index (χ2n) is 11.4. The Morgan fingerprint density at radius 3 is 2.26 bits per heavy atom. The van der Waals surface area contributed by atoms with Crippen molar-refractivity contribution in [2.75, 3.05) is 26.0 Å². The zero-order valence-electron chi connectivity index (χ0n) is 24.2. The molecular weight excluding hydrogens is 588 g/mol. The SMILES string of the molecule is Cc1ccc(S(=O)(=O)N(O)C[C@@](C)(CCn2cc3cc(C#Cc4ccc(C5(N)COC5)cc4)ccc3n2)S(C)(=O)=O)cc1. The molecule has 1 aliphatic rings. The van der Waals surface area contributed by atoms with Gasteiger partial charge >= 0.3 is 0 Å². The van der Waals surface area contributed by atoms with Gasteiger partial charge in [0.15, 0.2) is 9.84 Å². The fourth-order valence-electron chi connectivity index (χ4n) is 4.72. The Hall–Kier alpha value is -3.57. The van der Waals surface area contributed by atoms with E-state index in [4.69, 9.17) is 10.5 Å². The van der Waals surface area contributed by atoms with Crippen molar-refractivity contribution in [2.45, 2.75) is 42.0 Å². The highest BCUT2D eigenvalue weighted by atomic mass is 32.2. The van der Waals surface area contributed by atoms with E-state index in [0.29, 0.717) is 18.7 Å². The molecule has 0 unspecified atom stereocenters. The van der Waals surface area contributed by atoms with Crippen LogP contribution in [0.25, 0.3) is 10.9 Å². The van der Waals surface area contributed by atoms with Crippen LogP contribution in [0.4, 0.5) is 0 Å². The van der Waals surface area contributed by atoms with Gasteiger partial charge in [0.2, 0.25) is 0 Å². The number of hydrogen-bond donors (Lipinski definition) is 2. The first-order valence-electron chi connectivity index (χ1n) is 13.6. The van der Waals surface area contributed by atoms with Crippen LogP contribution in [0.1, 0.15) is 35.6 Å². The standard InChI is InChI=1S/C31H34N4O6S2/c1-23-4-13-28(14-5-23)43(39,40)35(36)20-30(2,42(3,37)38)16-17-34-19-26-18-25(10-15-29(26)33-34)7-6-24-8-11-27(12-9-24)31(32)21-41-22-31/h4-5,8-15,18-19,36H,16-17,20-22,32H2,1-3H3/t30-/m1/s1. The van der Waals surface area contributed by atoms with Crippen molar-refractivity contribution in [3.63, 3.8) is 0 Å². The predicted molar refractivity (Wildman–Crippen MR) is 164 cm³/mol. The first kappa shape index (κ1) is 30.9. The van der Waals surface area contributed by atoms with Gasteiger partial charge in [0, 0.05) is 35.5 Å². The molecule has 1 atom stereocenters. The summed E-state index contributed by atoms with van der Waals surface area (Å²) in [6.07, 6.45) is 2.84. The number of aryl methyl sites for hydroxylation is 2. The highest BCUT2D eigenvalue weighted by molar-refractivity contribution is 7.92. The molecule has 12 heteroatoms. The van der Waals surface area contributed by atoms with Crippen molar-refractivity contribution in [1.82, 2.24) is 14.2 Å². The first-order chi connectivity index (χ1) is 20.2. The van der Waals surface area contributed by atoms with Gasteiger partial charge in [-0.25, -0.2) is 16.8 Å². The minimum Gasteiger partial charge on any atom is -0.377 e. The van der Waals surface area contributed by atoms with E-state index >= 15 is 0 Å². The monoisotopic (exact) mass is 622 g/mol. The highest BCUT2D eigenvalue weighted by Crippen LogP contribution is 2.28. The van der Waals surface area contributed by atoms with Gasteiger partial charge in [-0.2, -0.15) is 5.10 Å². The molecule has 0 saturated carbocycles. The van der Waals surface area contributed by atoms with Crippen LogP contribution in [0, 0.1) is 18.8 Å². The van der Waals surface area contributed by atoms with Crippen LogP contribution in [-0.2, 0) is 36.7 Å². The first-order valence-corrected chi connectivity index (χ1v) is 17.0. The zero-order chi connectivity index (χ0) is 31.0. The van der Waals surface area contributed by atoms with Gasteiger partial charge in [-0.3, -0.25) is 9.89 Å². The molecular formula is C31H34N4O6S2. The van der Waals surface area contributed by atoms with E-state index in [1.54, 1.807) is 23.0 Å². The number of hydroxylamine groups is 1. The molecule has 0 spiro atoms. The number of ether oxygens (including phenoxy) is 1. The fourth-order valence-corrected chi connectivity index (χ4v) is 6.80. The third kappa shape index (κ3) is 6.52. The molecule has 43 heavy (non-hydrogen) atoms. The quantitative estimate of drug-likeness (QED) is 0.214. The van der Waals surface area contributed by atoms with Crippen LogP contribution in [-0.4, -0.2) is 67.1 Å². The number of hydrogen-bond acceptors (Lipinski definition) is 8. The summed E-state index contributed by atoms with van der Waals surface area (Å²) in [7, 11) is -8.11. The Balaban J connectivity index is 1.29. The average molecular weight is 623 g/mol. The summed E-state index contributed by atoms with van der Waals surface area (Å²) >= 11 is 0. The van der Waals surface area contributed by atoms with Crippen molar-refractivity contribution in [3.05, 3.63) is 95.2 Å². The second kappa shape index (κ2) is 11.5. The summed E-state index contributed by atoms with van der Waals surface area (Å²) in [5.74, 6) is 6.32. The lowest BCUT2D eigenvalue weighted by Gasteiger charge is -2.38. The maximum Gasteiger partial charge on any atom is 0.264 e. The van der Waals surface area contributed by atoms with Gasteiger partial charge in [0.25, 0.3) is 10.0 Å². The van der Waals surface area contributed by atoms with Crippen molar-refractivity contribution in [3.8, 4) is 11.8 Å². The number of nitrogens with zero attached hydrogens (tertiary/aromatic N) is 3. The van der Waals surface area contributed by atoms with E-state index in [0.717, 1.165) is 33.9 Å². The van der Waals surface area contributed by atoms with E-state index in [2.05, 4.69) is 16.9 Å². The van der Waals surface area contributed by atoms with E-state index in [1.165, 1.54) is 19.1 Å². The Labute approximate surface area is 252 Å². The summed E-state index contributed by atoms with van der Waals surface area (Å²) in [6, 6.07) is 19.4. The largest absolute Gasteiger partial charge is 0.377 e. The molecule has 1 saturated heterocycles. The summed E-state index contributed by atoms with van der Waals surface area (Å²) in [6.45, 7) is 3.79. The molecule has 1 fully saturated rings. The van der Waals surface area contributed by atoms with Crippen molar-refractivity contribution in [2.24, 2.45) is 5.73 Å². The topological polar surface area (TPSA) is 145 Å². The van der Waals surface area contributed by atoms with Crippen LogP contribution in [0.5, 0.6) is 0 Å². The van der Waals surface area contributed by atoms with Gasteiger partial charge in [-0.1, -0.05) is 46.1 Å². The van der Waals surface area contributed by atoms with Gasteiger partial charge in [-0.05, 0) is 68.3 Å². The molecule has 1 aliphatic heterocycles. The van der Waals surface area contributed by atoms with Crippen LogP contribution in [0.3, 0.4) is 0 Å². The lowest BCUT2D eigenvalue weighted by atomic mass is 9.89. The molecule has 3 aromatic carbocycles. The lowest BCUT2D eigenvalue weighted by Crippen LogP contribution is -2.54. The third-order valence-corrected chi connectivity index (χ3v) is 11.6. The Morgan fingerprint density at radius 1 is 1.02 bits per heavy atom. The number of nitrogens with two attached hydrogens (primary N) is 1. The molecule has 2 heterocycles. The van der Waals surface area contributed by atoms with E-state index in [9.17, 15) is 22.0 Å². The minimum atomic E-state index is -4.31. The maximum atomic E-state index is 12.9. The highest BCUT2D eigenvalue weighted by Gasteiger charge is 2.41. The van der Waals surface area contributed by atoms with Gasteiger partial charge in [0.05, 0.1) is 40.5 Å². The summed E-state index contributed by atoms with van der Waals surface area (Å²) in [5.41, 5.74) is 10.1. The van der Waals surface area contributed by atoms with Crippen LogP contribution < -0.4 is 5.73 Å². The Morgan fingerprint density at radius 2 is 1.65 bits per heavy atom. The zero-order valence-corrected chi connectivity index (χ0v) is 25.8. The molecule has 0 aliphatic carbocycles. The number of fused-ring (bicyclic) bond motifs is 1. The predicted octanol–water partition coefficient (Wildman–Crippen LogP) is 3.20. The minimum absolute atomic E-state index is 0.0131. The molecule has 226 valence electrons. The number of sulfonamides is 1. The molecule has 0 radical (unpaired) electrons. The molecule has 4 aromatic rings. The normalized spacial score (nSPS) is 16.3. The van der Waals surface area contributed by atoms with Crippen molar-refractivity contribution in [1.29, 1.82) is 0 Å². The number of sulfone groups is 1. The molecule has 1 aromatic heterocycles. The Bertz CT molecular complexity index is 1920. The average Bonchev–Trinajstić information content (AvgIpc) is 3.36. The summed E-state index contributed by atoms with van der Waals surface area (Å²) in [4.78, 5) is -0.126. The second-order valence-corrected chi connectivity index (χ2v) is 15.8. The molecule has 0 amide bonds. The van der Waals surface area contributed by atoms with E-state index in [-0.39, 0.29) is 22.3 Å². The summed E-state index contributed by atoms with van der Waals surface area (Å²) < 4.78 is 56.9. The lowest BCUT2D eigenvalue weighted by molar-refractivity contribution is -0.0569. The number of rotatable bonds is 9.